The van der Waals surface area contributed by atoms with Crippen molar-refractivity contribution in [3.63, 3.8) is 0 Å². The first kappa shape index (κ1) is 14.4. The van der Waals surface area contributed by atoms with E-state index in [0.29, 0.717) is 5.56 Å². The molecular formula is C12H12BrIN4O. The molecule has 0 bridgehead atoms. The minimum absolute atomic E-state index is 0.138. The maximum Gasteiger partial charge on any atom is 0.253 e. The van der Waals surface area contributed by atoms with E-state index in [0.717, 1.165) is 13.9 Å². The van der Waals surface area contributed by atoms with Crippen molar-refractivity contribution in [2.45, 2.75) is 13.0 Å². The highest BCUT2D eigenvalue weighted by atomic mass is 127. The number of halogens is 2. The van der Waals surface area contributed by atoms with Crippen molar-refractivity contribution < 1.29 is 4.79 Å². The Labute approximate surface area is 133 Å². The van der Waals surface area contributed by atoms with Crippen LogP contribution in [0.3, 0.4) is 0 Å². The van der Waals surface area contributed by atoms with Crippen molar-refractivity contribution in [1.29, 1.82) is 0 Å². The molecule has 2 rings (SSSR count). The predicted octanol–water partition coefficient (Wildman–Crippen LogP) is 2.67. The summed E-state index contributed by atoms with van der Waals surface area (Å²) in [6.45, 7) is 1.88. The van der Waals surface area contributed by atoms with E-state index in [1.807, 2.05) is 32.2 Å². The highest BCUT2D eigenvalue weighted by Crippen LogP contribution is 2.20. The number of nitrogens with one attached hydrogen (secondary N) is 1. The van der Waals surface area contributed by atoms with Crippen LogP contribution in [0.1, 0.15) is 29.1 Å². The largest absolute Gasteiger partial charge is 0.342 e. The minimum atomic E-state index is -0.204. The van der Waals surface area contributed by atoms with Gasteiger partial charge in [-0.25, -0.2) is 0 Å². The van der Waals surface area contributed by atoms with Crippen molar-refractivity contribution in [2.24, 2.45) is 7.05 Å². The number of aryl methyl sites for hydroxylation is 1. The van der Waals surface area contributed by atoms with Crippen molar-refractivity contribution >= 4 is 44.4 Å². The Morgan fingerprint density at radius 1 is 1.53 bits per heavy atom. The van der Waals surface area contributed by atoms with E-state index in [9.17, 15) is 4.79 Å². The molecule has 0 saturated heterocycles. The molecule has 1 amide bonds. The molecule has 0 fully saturated rings. The molecule has 0 aliphatic carbocycles. The fraction of sp³-hybridized carbons (Fsp3) is 0.250. The summed E-state index contributed by atoms with van der Waals surface area (Å²) in [5, 5.41) is 10.7. The van der Waals surface area contributed by atoms with Crippen LogP contribution in [0.15, 0.2) is 29.0 Å². The zero-order chi connectivity index (χ0) is 14.0. The second-order valence-electron chi connectivity index (χ2n) is 4.12. The Kier molecular flexibility index (Phi) is 4.56. The van der Waals surface area contributed by atoms with E-state index in [1.54, 1.807) is 10.9 Å². The number of nitrogens with zero attached hydrogens (tertiary/aromatic N) is 3. The van der Waals surface area contributed by atoms with E-state index in [-0.39, 0.29) is 11.9 Å². The molecule has 0 spiro atoms. The Balaban J connectivity index is 2.17. The standard InChI is InChI=1S/C12H12BrIN4O/c1-7(11-17-15-6-18(11)2)16-12(19)9-5-8(14)3-4-10(9)13/h3-7H,1-2H3,(H,16,19). The van der Waals surface area contributed by atoms with Crippen LogP contribution < -0.4 is 5.32 Å². The van der Waals surface area contributed by atoms with Crippen LogP contribution in [0.25, 0.3) is 0 Å². The Hall–Kier alpha value is -0.960. The minimum Gasteiger partial charge on any atom is -0.342 e. The van der Waals surface area contributed by atoms with Crippen molar-refractivity contribution in [3.05, 3.63) is 44.0 Å². The van der Waals surface area contributed by atoms with E-state index >= 15 is 0 Å². The zero-order valence-electron chi connectivity index (χ0n) is 10.4. The second-order valence-corrected chi connectivity index (χ2v) is 6.22. The average Bonchev–Trinajstić information content (AvgIpc) is 2.78. The molecule has 2 aromatic rings. The van der Waals surface area contributed by atoms with E-state index in [4.69, 9.17) is 0 Å². The molecule has 1 aromatic heterocycles. The van der Waals surface area contributed by atoms with Crippen molar-refractivity contribution in [3.8, 4) is 0 Å². The molecule has 0 radical (unpaired) electrons. The summed E-state index contributed by atoms with van der Waals surface area (Å²) in [6.07, 6.45) is 1.61. The van der Waals surface area contributed by atoms with Crippen LogP contribution in [0, 0.1) is 3.57 Å². The monoisotopic (exact) mass is 434 g/mol. The van der Waals surface area contributed by atoms with Crippen LogP contribution >= 0.6 is 38.5 Å². The van der Waals surface area contributed by atoms with Crippen molar-refractivity contribution in [1.82, 2.24) is 20.1 Å². The van der Waals surface area contributed by atoms with Crippen LogP contribution in [0.4, 0.5) is 0 Å². The molecule has 0 saturated carbocycles. The molecule has 1 unspecified atom stereocenters. The molecule has 1 N–H and O–H groups in total. The fourth-order valence-electron chi connectivity index (χ4n) is 1.69. The molecule has 1 heterocycles. The van der Waals surface area contributed by atoms with Gasteiger partial charge in [0.05, 0.1) is 11.6 Å². The number of rotatable bonds is 3. The highest BCUT2D eigenvalue weighted by Gasteiger charge is 2.17. The quantitative estimate of drug-likeness (QED) is 0.755. The Morgan fingerprint density at radius 2 is 2.26 bits per heavy atom. The average molecular weight is 435 g/mol. The molecule has 0 aliphatic heterocycles. The lowest BCUT2D eigenvalue weighted by atomic mass is 10.2. The van der Waals surface area contributed by atoms with Gasteiger partial charge in [-0.3, -0.25) is 4.79 Å². The molecule has 1 atom stereocenters. The highest BCUT2D eigenvalue weighted by molar-refractivity contribution is 14.1. The van der Waals surface area contributed by atoms with Gasteiger partial charge in [0.15, 0.2) is 5.82 Å². The maximum absolute atomic E-state index is 12.2. The third kappa shape index (κ3) is 3.33. The third-order valence-electron chi connectivity index (χ3n) is 2.65. The number of hydrogen-bond donors (Lipinski definition) is 1. The summed E-state index contributed by atoms with van der Waals surface area (Å²) >= 11 is 5.56. The normalized spacial score (nSPS) is 12.2. The predicted molar refractivity (Wildman–Crippen MR) is 83.7 cm³/mol. The van der Waals surface area contributed by atoms with Crippen LogP contribution in [-0.4, -0.2) is 20.7 Å². The topological polar surface area (TPSA) is 59.8 Å². The first-order valence-corrected chi connectivity index (χ1v) is 7.46. The molecular weight excluding hydrogens is 423 g/mol. The number of carbonyl (C=O) groups excluding carboxylic acids is 1. The number of hydrogen-bond acceptors (Lipinski definition) is 3. The number of benzene rings is 1. The van der Waals surface area contributed by atoms with Crippen molar-refractivity contribution in [2.75, 3.05) is 0 Å². The van der Waals surface area contributed by atoms with Crippen LogP contribution in [-0.2, 0) is 7.05 Å². The summed E-state index contributed by atoms with van der Waals surface area (Å²) in [5.74, 6) is 0.580. The molecule has 7 heteroatoms. The summed E-state index contributed by atoms with van der Waals surface area (Å²) in [6, 6.07) is 5.44. The molecule has 5 nitrogen and oxygen atoms in total. The van der Waals surface area contributed by atoms with Gasteiger partial charge in [0.1, 0.15) is 6.33 Å². The van der Waals surface area contributed by atoms with E-state index in [1.165, 1.54) is 0 Å². The Bertz CT molecular complexity index is 614. The molecule has 0 aliphatic rings. The smallest absolute Gasteiger partial charge is 0.253 e. The van der Waals surface area contributed by atoms with Crippen LogP contribution in [0.2, 0.25) is 0 Å². The van der Waals surface area contributed by atoms with Gasteiger partial charge >= 0.3 is 0 Å². The van der Waals surface area contributed by atoms with Gasteiger partial charge in [0, 0.05) is 15.1 Å². The van der Waals surface area contributed by atoms with Gasteiger partial charge in [-0.1, -0.05) is 0 Å². The summed E-state index contributed by atoms with van der Waals surface area (Å²) < 4.78 is 3.57. The van der Waals surface area contributed by atoms with Crippen LogP contribution in [0.5, 0.6) is 0 Å². The van der Waals surface area contributed by atoms with Gasteiger partial charge < -0.3 is 9.88 Å². The fourth-order valence-corrected chi connectivity index (χ4v) is 2.61. The lowest BCUT2D eigenvalue weighted by Crippen LogP contribution is -2.28. The van der Waals surface area contributed by atoms with Gasteiger partial charge in [-0.2, -0.15) is 0 Å². The lowest BCUT2D eigenvalue weighted by Gasteiger charge is -2.13. The SMILES string of the molecule is CC(NC(=O)c1cc(I)ccc1Br)c1nncn1C. The number of amides is 1. The van der Waals surface area contributed by atoms with Gasteiger partial charge in [0.25, 0.3) is 5.91 Å². The summed E-state index contributed by atoms with van der Waals surface area (Å²) in [7, 11) is 1.85. The number of aromatic nitrogens is 3. The first-order chi connectivity index (χ1) is 8.99. The first-order valence-electron chi connectivity index (χ1n) is 5.59. The lowest BCUT2D eigenvalue weighted by molar-refractivity contribution is 0.0937. The molecule has 1 aromatic carbocycles. The van der Waals surface area contributed by atoms with Gasteiger partial charge in [-0.05, 0) is 63.6 Å². The number of carbonyl (C=O) groups is 1. The summed E-state index contributed by atoms with van der Waals surface area (Å²) in [5.41, 5.74) is 0.612. The molecule has 19 heavy (non-hydrogen) atoms. The van der Waals surface area contributed by atoms with E-state index < -0.39 is 0 Å². The van der Waals surface area contributed by atoms with Gasteiger partial charge in [0.2, 0.25) is 0 Å². The zero-order valence-corrected chi connectivity index (χ0v) is 14.1. The third-order valence-corrected chi connectivity index (χ3v) is 4.02. The molecule has 100 valence electrons. The summed E-state index contributed by atoms with van der Waals surface area (Å²) in [4.78, 5) is 12.2. The Morgan fingerprint density at radius 3 is 2.89 bits per heavy atom. The second kappa shape index (κ2) is 6.00. The van der Waals surface area contributed by atoms with E-state index in [2.05, 4.69) is 54.0 Å². The van der Waals surface area contributed by atoms with Gasteiger partial charge in [-0.15, -0.1) is 10.2 Å². The maximum atomic E-state index is 12.2.